The zero-order chi connectivity index (χ0) is 13.0. The normalized spacial score (nSPS) is 10.1. The lowest BCUT2D eigenvalue weighted by molar-refractivity contribution is 0.0593. The Kier molecular flexibility index (Phi) is 3.72. The number of rotatable bonds is 3. The van der Waals surface area contributed by atoms with Crippen LogP contribution < -0.4 is 0 Å². The number of aromatic nitrogens is 1. The second-order valence-electron chi connectivity index (χ2n) is 4.17. The molecule has 0 N–H and O–H groups in total. The average molecular weight is 241 g/mol. The summed E-state index contributed by atoms with van der Waals surface area (Å²) >= 11 is 0. The van der Waals surface area contributed by atoms with Crippen LogP contribution in [-0.2, 0) is 11.2 Å². The van der Waals surface area contributed by atoms with Gasteiger partial charge in [0.2, 0.25) is 0 Å². The van der Waals surface area contributed by atoms with E-state index in [1.54, 1.807) is 6.07 Å². The minimum absolute atomic E-state index is 0.350. The first-order valence-corrected chi connectivity index (χ1v) is 5.79. The van der Waals surface area contributed by atoms with Gasteiger partial charge in [-0.1, -0.05) is 35.9 Å². The molecule has 1 aromatic carbocycles. The number of carbonyl (C=O) groups excluding carboxylic acids is 1. The number of ether oxygens (including phenoxy) is 1. The van der Waals surface area contributed by atoms with Crippen molar-refractivity contribution in [1.29, 1.82) is 0 Å². The van der Waals surface area contributed by atoms with Crippen LogP contribution in [0, 0.1) is 6.92 Å². The molecular weight excluding hydrogens is 226 g/mol. The summed E-state index contributed by atoms with van der Waals surface area (Å²) in [6.45, 7) is 2.06. The van der Waals surface area contributed by atoms with Crippen LogP contribution in [0.3, 0.4) is 0 Å². The predicted octanol–water partition coefficient (Wildman–Crippen LogP) is 2.77. The van der Waals surface area contributed by atoms with Crippen LogP contribution in [0.15, 0.2) is 42.5 Å². The lowest BCUT2D eigenvalue weighted by Gasteiger charge is -2.04. The van der Waals surface area contributed by atoms with Crippen LogP contribution in [0.25, 0.3) is 0 Å². The lowest BCUT2D eigenvalue weighted by Crippen LogP contribution is -2.06. The van der Waals surface area contributed by atoms with Gasteiger partial charge >= 0.3 is 5.97 Å². The van der Waals surface area contributed by atoms with Crippen molar-refractivity contribution in [3.63, 3.8) is 0 Å². The third-order valence-electron chi connectivity index (χ3n) is 2.67. The molecule has 0 aliphatic heterocycles. The standard InChI is InChI=1S/C15H15NO2/c1-11-5-3-6-12(9-11)10-13-7-4-8-14(16-13)15(17)18-2/h3-9H,10H2,1-2H3. The minimum atomic E-state index is -0.402. The van der Waals surface area contributed by atoms with E-state index < -0.39 is 5.97 Å². The van der Waals surface area contributed by atoms with E-state index in [0.29, 0.717) is 12.1 Å². The van der Waals surface area contributed by atoms with E-state index in [9.17, 15) is 4.79 Å². The van der Waals surface area contributed by atoms with Gasteiger partial charge in [0.25, 0.3) is 0 Å². The molecular formula is C15H15NO2. The van der Waals surface area contributed by atoms with Gasteiger partial charge in [-0.2, -0.15) is 0 Å². The van der Waals surface area contributed by atoms with E-state index in [1.165, 1.54) is 18.2 Å². The van der Waals surface area contributed by atoms with Crippen molar-refractivity contribution in [3.8, 4) is 0 Å². The number of nitrogens with zero attached hydrogens (tertiary/aromatic N) is 1. The summed E-state index contributed by atoms with van der Waals surface area (Å²) in [4.78, 5) is 15.7. The largest absolute Gasteiger partial charge is 0.464 e. The Labute approximate surface area is 106 Å². The Morgan fingerprint density at radius 3 is 2.72 bits per heavy atom. The Morgan fingerprint density at radius 2 is 2.00 bits per heavy atom. The van der Waals surface area contributed by atoms with E-state index in [-0.39, 0.29) is 0 Å². The first-order valence-electron chi connectivity index (χ1n) is 5.79. The van der Waals surface area contributed by atoms with Crippen LogP contribution in [0.5, 0.6) is 0 Å². The molecule has 0 amide bonds. The van der Waals surface area contributed by atoms with Gasteiger partial charge in [0.1, 0.15) is 5.69 Å². The number of hydrogen-bond donors (Lipinski definition) is 0. The number of carbonyl (C=O) groups is 1. The van der Waals surface area contributed by atoms with E-state index in [0.717, 1.165) is 5.69 Å². The van der Waals surface area contributed by atoms with Gasteiger partial charge in [-0.3, -0.25) is 0 Å². The maximum atomic E-state index is 11.4. The van der Waals surface area contributed by atoms with Crippen LogP contribution in [0.4, 0.5) is 0 Å². The Hall–Kier alpha value is -2.16. The van der Waals surface area contributed by atoms with E-state index in [1.807, 2.05) is 18.2 Å². The van der Waals surface area contributed by atoms with Gasteiger partial charge in [0.05, 0.1) is 7.11 Å². The fourth-order valence-electron chi connectivity index (χ4n) is 1.83. The summed E-state index contributed by atoms with van der Waals surface area (Å²) in [6.07, 6.45) is 0.715. The highest BCUT2D eigenvalue weighted by atomic mass is 16.5. The van der Waals surface area contributed by atoms with Crippen molar-refractivity contribution in [3.05, 3.63) is 65.0 Å². The number of hydrogen-bond acceptors (Lipinski definition) is 3. The van der Waals surface area contributed by atoms with Crippen molar-refractivity contribution >= 4 is 5.97 Å². The van der Waals surface area contributed by atoms with Crippen LogP contribution in [0.2, 0.25) is 0 Å². The maximum Gasteiger partial charge on any atom is 0.356 e. The number of esters is 1. The molecule has 0 aliphatic carbocycles. The van der Waals surface area contributed by atoms with Gasteiger partial charge in [-0.05, 0) is 24.6 Å². The number of pyridine rings is 1. The van der Waals surface area contributed by atoms with Crippen molar-refractivity contribution < 1.29 is 9.53 Å². The summed E-state index contributed by atoms with van der Waals surface area (Å²) in [5, 5.41) is 0. The highest BCUT2D eigenvalue weighted by Gasteiger charge is 2.07. The number of aryl methyl sites for hydroxylation is 1. The molecule has 0 spiro atoms. The summed E-state index contributed by atoms with van der Waals surface area (Å²) < 4.78 is 4.66. The molecule has 2 aromatic rings. The van der Waals surface area contributed by atoms with Gasteiger partial charge < -0.3 is 4.74 Å². The third kappa shape index (κ3) is 2.94. The first-order chi connectivity index (χ1) is 8.69. The molecule has 0 bridgehead atoms. The fourth-order valence-corrected chi connectivity index (χ4v) is 1.83. The quantitative estimate of drug-likeness (QED) is 0.776. The molecule has 18 heavy (non-hydrogen) atoms. The zero-order valence-corrected chi connectivity index (χ0v) is 10.5. The molecule has 0 atom stereocenters. The fraction of sp³-hybridized carbons (Fsp3) is 0.200. The van der Waals surface area contributed by atoms with E-state index in [4.69, 9.17) is 0 Å². The minimum Gasteiger partial charge on any atom is -0.464 e. The zero-order valence-electron chi connectivity index (χ0n) is 10.5. The number of methoxy groups -OCH3 is 1. The Bertz CT molecular complexity index is 564. The average Bonchev–Trinajstić information content (AvgIpc) is 2.38. The summed E-state index contributed by atoms with van der Waals surface area (Å²) in [5.74, 6) is -0.402. The molecule has 2 rings (SSSR count). The molecule has 3 heteroatoms. The van der Waals surface area contributed by atoms with Crippen molar-refractivity contribution in [2.45, 2.75) is 13.3 Å². The Balaban J connectivity index is 2.22. The molecule has 3 nitrogen and oxygen atoms in total. The van der Waals surface area contributed by atoms with Gasteiger partial charge in [0, 0.05) is 12.1 Å². The van der Waals surface area contributed by atoms with Crippen LogP contribution in [0.1, 0.15) is 27.3 Å². The Morgan fingerprint density at radius 1 is 1.22 bits per heavy atom. The molecule has 0 saturated carbocycles. The summed E-state index contributed by atoms with van der Waals surface area (Å²) in [5.41, 5.74) is 3.62. The highest BCUT2D eigenvalue weighted by Crippen LogP contribution is 2.10. The van der Waals surface area contributed by atoms with Crippen LogP contribution >= 0.6 is 0 Å². The molecule has 0 unspecified atom stereocenters. The second-order valence-corrected chi connectivity index (χ2v) is 4.17. The summed E-state index contributed by atoms with van der Waals surface area (Å²) in [7, 11) is 1.36. The van der Waals surface area contributed by atoms with Crippen molar-refractivity contribution in [2.75, 3.05) is 7.11 Å². The number of benzene rings is 1. The predicted molar refractivity (Wildman–Crippen MR) is 69.6 cm³/mol. The highest BCUT2D eigenvalue weighted by molar-refractivity contribution is 5.87. The maximum absolute atomic E-state index is 11.4. The van der Waals surface area contributed by atoms with Crippen LogP contribution in [-0.4, -0.2) is 18.1 Å². The monoisotopic (exact) mass is 241 g/mol. The second kappa shape index (κ2) is 5.45. The van der Waals surface area contributed by atoms with E-state index >= 15 is 0 Å². The first kappa shape index (κ1) is 12.3. The van der Waals surface area contributed by atoms with Gasteiger partial charge in [-0.15, -0.1) is 0 Å². The molecule has 0 fully saturated rings. The molecule has 0 saturated heterocycles. The molecule has 0 radical (unpaired) electrons. The molecule has 92 valence electrons. The molecule has 1 aromatic heterocycles. The topological polar surface area (TPSA) is 39.2 Å². The van der Waals surface area contributed by atoms with E-state index in [2.05, 4.69) is 34.8 Å². The lowest BCUT2D eigenvalue weighted by atomic mass is 10.1. The van der Waals surface area contributed by atoms with Gasteiger partial charge in [-0.25, -0.2) is 9.78 Å². The molecule has 0 aliphatic rings. The van der Waals surface area contributed by atoms with Gasteiger partial charge in [0.15, 0.2) is 0 Å². The van der Waals surface area contributed by atoms with Crippen molar-refractivity contribution in [1.82, 2.24) is 4.98 Å². The smallest absolute Gasteiger partial charge is 0.356 e. The summed E-state index contributed by atoms with van der Waals surface area (Å²) in [6, 6.07) is 13.6. The third-order valence-corrected chi connectivity index (χ3v) is 2.67. The SMILES string of the molecule is COC(=O)c1cccc(Cc2cccc(C)c2)n1. The molecule has 1 heterocycles. The van der Waals surface area contributed by atoms with Crippen molar-refractivity contribution in [2.24, 2.45) is 0 Å².